The average Bonchev–Trinajstić information content (AvgIpc) is 3.53. The van der Waals surface area contributed by atoms with Gasteiger partial charge in [-0.25, -0.2) is 4.98 Å². The van der Waals surface area contributed by atoms with Crippen LogP contribution in [-0.4, -0.2) is 63.2 Å². The third-order valence-corrected chi connectivity index (χ3v) is 10.0. The van der Waals surface area contributed by atoms with Crippen molar-refractivity contribution in [1.29, 1.82) is 0 Å². The summed E-state index contributed by atoms with van der Waals surface area (Å²) in [6, 6.07) is 0. The Morgan fingerprint density at radius 1 is 0.745 bits per heavy atom. The largest absolute Gasteiger partial charge is 0.462 e. The highest BCUT2D eigenvalue weighted by atomic mass is 32.2. The maximum absolute atomic E-state index is 13.3. The van der Waals surface area contributed by atoms with E-state index in [1.807, 2.05) is 19.2 Å². The number of esters is 2. The summed E-state index contributed by atoms with van der Waals surface area (Å²) in [6.45, 7) is 10.6. The maximum atomic E-state index is 13.3. The van der Waals surface area contributed by atoms with Crippen LogP contribution in [0.15, 0.2) is 36.7 Å². The highest BCUT2D eigenvalue weighted by Crippen LogP contribution is 2.18. The van der Waals surface area contributed by atoms with Crippen LogP contribution in [0.1, 0.15) is 168 Å². The molecule has 292 valence electrons. The van der Waals surface area contributed by atoms with Crippen molar-refractivity contribution in [2.75, 3.05) is 25.4 Å². The maximum Gasteiger partial charge on any atom is 0.306 e. The van der Waals surface area contributed by atoms with Crippen LogP contribution in [0.25, 0.3) is 0 Å². The summed E-state index contributed by atoms with van der Waals surface area (Å²) >= 11 is 1.30. The fourth-order valence-electron chi connectivity index (χ4n) is 5.84. The summed E-state index contributed by atoms with van der Waals surface area (Å²) in [5.41, 5.74) is 0. The highest BCUT2D eigenvalue weighted by molar-refractivity contribution is 8.13. The van der Waals surface area contributed by atoms with Gasteiger partial charge in [-0.15, -0.1) is 0 Å². The molecule has 0 spiro atoms. The highest BCUT2D eigenvalue weighted by Gasteiger charge is 2.18. The molecule has 0 aliphatic carbocycles. The van der Waals surface area contributed by atoms with Crippen LogP contribution in [-0.2, 0) is 25.6 Å². The van der Waals surface area contributed by atoms with Crippen molar-refractivity contribution in [1.82, 2.24) is 14.5 Å². The zero-order valence-electron chi connectivity index (χ0n) is 32.9. The Balaban J connectivity index is 2.60. The molecule has 0 aromatic carbocycles. The topological polar surface area (TPSA) is 90.7 Å². The average molecular weight is 732 g/mol. The van der Waals surface area contributed by atoms with E-state index in [-0.39, 0.29) is 36.1 Å². The van der Waals surface area contributed by atoms with Gasteiger partial charge in [0.1, 0.15) is 18.5 Å². The first kappa shape index (κ1) is 46.5. The lowest BCUT2D eigenvalue weighted by atomic mass is 10.0. The van der Waals surface area contributed by atoms with Crippen molar-refractivity contribution in [3.05, 3.63) is 42.5 Å². The molecule has 51 heavy (non-hydrogen) atoms. The molecule has 1 aromatic heterocycles. The van der Waals surface area contributed by atoms with E-state index >= 15 is 0 Å². The van der Waals surface area contributed by atoms with E-state index in [4.69, 9.17) is 9.47 Å². The SMILES string of the molecule is CCCC/C=C/CCC(CCCCCCCC)OC(=O)CCCN(CCCC(=O)OC/C=C\CCCCCC)C(=O)SCCCn1ccnc1C. The van der Waals surface area contributed by atoms with E-state index < -0.39 is 0 Å². The number of carbonyl (C=O) groups is 3. The van der Waals surface area contributed by atoms with Crippen LogP contribution in [0.5, 0.6) is 0 Å². The van der Waals surface area contributed by atoms with Crippen LogP contribution in [0.3, 0.4) is 0 Å². The number of amides is 1. The second kappa shape index (κ2) is 33.3. The molecule has 9 heteroatoms. The summed E-state index contributed by atoms with van der Waals surface area (Å²) < 4.78 is 13.5. The number of hydrogen-bond donors (Lipinski definition) is 0. The lowest BCUT2D eigenvalue weighted by molar-refractivity contribution is -0.150. The number of thioether (sulfide) groups is 1. The second-order valence-corrected chi connectivity index (χ2v) is 14.7. The number of nitrogens with zero attached hydrogens (tertiary/aromatic N) is 3. The van der Waals surface area contributed by atoms with E-state index in [1.165, 1.54) is 76.0 Å². The number of aryl methyl sites for hydroxylation is 2. The van der Waals surface area contributed by atoms with Gasteiger partial charge < -0.3 is 18.9 Å². The van der Waals surface area contributed by atoms with Crippen LogP contribution in [0.2, 0.25) is 0 Å². The molecule has 0 aliphatic heterocycles. The van der Waals surface area contributed by atoms with E-state index in [2.05, 4.69) is 48.6 Å². The zero-order chi connectivity index (χ0) is 37.2. The summed E-state index contributed by atoms with van der Waals surface area (Å²) in [4.78, 5) is 44.7. The molecule has 0 aliphatic rings. The zero-order valence-corrected chi connectivity index (χ0v) is 33.7. The van der Waals surface area contributed by atoms with Gasteiger partial charge in [-0.2, -0.15) is 0 Å². The molecule has 0 fully saturated rings. The lowest BCUT2D eigenvalue weighted by Crippen LogP contribution is -2.31. The van der Waals surface area contributed by atoms with Gasteiger partial charge in [-0.05, 0) is 71.1 Å². The third-order valence-electron chi connectivity index (χ3n) is 9.02. The van der Waals surface area contributed by atoms with Crippen molar-refractivity contribution in [3.8, 4) is 0 Å². The van der Waals surface area contributed by atoms with Gasteiger partial charge in [-0.3, -0.25) is 14.4 Å². The minimum absolute atomic E-state index is 0.0131. The van der Waals surface area contributed by atoms with Crippen molar-refractivity contribution in [2.45, 2.75) is 182 Å². The first-order valence-electron chi connectivity index (χ1n) is 20.5. The van der Waals surface area contributed by atoms with E-state index in [1.54, 1.807) is 11.1 Å². The molecule has 0 N–H and O–H groups in total. The van der Waals surface area contributed by atoms with Crippen molar-refractivity contribution in [2.24, 2.45) is 0 Å². The molecule has 1 aromatic rings. The van der Waals surface area contributed by atoms with Crippen LogP contribution < -0.4 is 0 Å². The molecule has 0 saturated carbocycles. The van der Waals surface area contributed by atoms with E-state index in [0.29, 0.717) is 38.3 Å². The van der Waals surface area contributed by atoms with Gasteiger partial charge in [0.2, 0.25) is 0 Å². The minimum atomic E-state index is -0.249. The molecule has 1 amide bonds. The molecule has 1 heterocycles. The Bertz CT molecular complexity index is 1070. The van der Waals surface area contributed by atoms with Crippen LogP contribution in [0.4, 0.5) is 4.79 Å². The summed E-state index contributed by atoms with van der Waals surface area (Å²) in [5, 5.41) is -0.0131. The summed E-state index contributed by atoms with van der Waals surface area (Å²) in [6.07, 6.45) is 34.0. The Morgan fingerprint density at radius 2 is 1.37 bits per heavy atom. The Hall–Kier alpha value is -2.55. The smallest absolute Gasteiger partial charge is 0.306 e. The summed E-state index contributed by atoms with van der Waals surface area (Å²) in [5.74, 6) is 1.22. The Morgan fingerprint density at radius 3 is 2.08 bits per heavy atom. The molecule has 1 atom stereocenters. The molecule has 8 nitrogen and oxygen atoms in total. The summed E-state index contributed by atoms with van der Waals surface area (Å²) in [7, 11) is 0. The molecule has 0 bridgehead atoms. The third kappa shape index (κ3) is 26.8. The normalized spacial score (nSPS) is 12.2. The van der Waals surface area contributed by atoms with E-state index in [9.17, 15) is 14.4 Å². The van der Waals surface area contributed by atoms with Gasteiger partial charge in [-0.1, -0.05) is 121 Å². The second-order valence-electron chi connectivity index (χ2n) is 13.7. The predicted octanol–water partition coefficient (Wildman–Crippen LogP) is 11.6. The lowest BCUT2D eigenvalue weighted by Gasteiger charge is -2.22. The van der Waals surface area contributed by atoms with Crippen LogP contribution >= 0.6 is 11.8 Å². The van der Waals surface area contributed by atoms with Crippen molar-refractivity contribution in [3.63, 3.8) is 0 Å². The molecule has 1 unspecified atom stereocenters. The fourth-order valence-corrected chi connectivity index (χ4v) is 6.65. The molecular formula is C42H73N3O5S. The monoisotopic (exact) mass is 732 g/mol. The van der Waals surface area contributed by atoms with Crippen molar-refractivity contribution < 1.29 is 23.9 Å². The van der Waals surface area contributed by atoms with Gasteiger partial charge in [0, 0.05) is 50.6 Å². The number of carbonyl (C=O) groups excluding carboxylic acids is 3. The number of imidazole rings is 1. The molecule has 0 radical (unpaired) electrons. The van der Waals surface area contributed by atoms with Crippen LogP contribution in [0, 0.1) is 6.92 Å². The quantitative estimate of drug-likeness (QED) is 0.0404. The van der Waals surface area contributed by atoms with Gasteiger partial charge in [0.25, 0.3) is 5.24 Å². The number of unbranched alkanes of at least 4 members (excludes halogenated alkanes) is 11. The van der Waals surface area contributed by atoms with Gasteiger partial charge in [0.15, 0.2) is 0 Å². The minimum Gasteiger partial charge on any atom is -0.462 e. The standard InChI is InChI=1S/C42H73N3O5S/c1-5-8-11-14-17-20-23-36-49-40(46)29-24-32-45(42(48)51-37-26-34-44-35-31-43-38(44)4)33-25-30-41(47)50-39(27-21-18-15-12-9-6-2)28-22-19-16-13-10-7-3/h15,18,20,23,31,35,39H,5-14,16-17,19,21-22,24-30,32-34,36-37H2,1-4H3/b18-15+,23-20-. The number of allylic oxidation sites excluding steroid dienone is 3. The Kier molecular flexibility index (Phi) is 30.3. The van der Waals surface area contributed by atoms with Crippen molar-refractivity contribution >= 4 is 28.9 Å². The number of ether oxygens (including phenoxy) is 2. The van der Waals surface area contributed by atoms with E-state index in [0.717, 1.165) is 63.7 Å². The fraction of sp³-hybridized carbons (Fsp3) is 0.762. The first-order valence-corrected chi connectivity index (χ1v) is 21.4. The number of rotatable bonds is 33. The Labute approximate surface area is 316 Å². The molecule has 1 rings (SSSR count). The predicted molar refractivity (Wildman–Crippen MR) is 214 cm³/mol. The van der Waals surface area contributed by atoms with Gasteiger partial charge in [0.05, 0.1) is 0 Å². The number of aromatic nitrogens is 2. The molecule has 0 saturated heterocycles. The number of hydrogen-bond acceptors (Lipinski definition) is 7. The van der Waals surface area contributed by atoms with Gasteiger partial charge >= 0.3 is 11.9 Å². The first-order chi connectivity index (χ1) is 24.9. The molecular weight excluding hydrogens is 659 g/mol.